The lowest BCUT2D eigenvalue weighted by Crippen LogP contribution is -2.22. The van der Waals surface area contributed by atoms with Gasteiger partial charge in [-0.15, -0.1) is 0 Å². The van der Waals surface area contributed by atoms with E-state index in [9.17, 15) is 13.6 Å². The minimum atomic E-state index is -3.52. The van der Waals surface area contributed by atoms with Gasteiger partial charge in [-0.05, 0) is 12.1 Å². The molecule has 0 atom stereocenters. The summed E-state index contributed by atoms with van der Waals surface area (Å²) in [5.74, 6) is -0.991. The molecule has 0 unspecified atom stereocenters. The number of benzene rings is 1. The van der Waals surface area contributed by atoms with Gasteiger partial charge in [-0.25, -0.2) is 4.79 Å². The zero-order valence-corrected chi connectivity index (χ0v) is 8.57. The Morgan fingerprint density at radius 3 is 2.62 bits per heavy atom. The molecule has 0 heterocycles. The van der Waals surface area contributed by atoms with Gasteiger partial charge in [0.25, 0.3) is 0 Å². The first kappa shape index (κ1) is 12.2. The molecule has 0 bridgehead atoms. The molecule has 0 aliphatic carbocycles. The van der Waals surface area contributed by atoms with E-state index in [0.717, 1.165) is 7.11 Å². The number of alkyl halides is 2. The topological polar surface area (TPSA) is 35.5 Å². The van der Waals surface area contributed by atoms with E-state index in [1.165, 1.54) is 24.3 Å². The number of ether oxygens (including phenoxy) is 2. The molecular formula is C11H10F2O3. The standard InChI is InChI=1S/C11H10F2O3/c1-3-11(12,13)16-9-7-5-4-6-8(9)10(14)15-2/h3-7H,1H2,2H3. The number of carbonyl (C=O) groups is 1. The molecule has 0 N–H and O–H groups in total. The third-order valence-corrected chi connectivity index (χ3v) is 1.78. The molecule has 5 heteroatoms. The summed E-state index contributed by atoms with van der Waals surface area (Å²) in [6.07, 6.45) is -3.18. The van der Waals surface area contributed by atoms with Gasteiger partial charge in [-0.2, -0.15) is 8.78 Å². The molecule has 0 aliphatic heterocycles. The fourth-order valence-corrected chi connectivity index (χ4v) is 1.02. The summed E-state index contributed by atoms with van der Waals surface area (Å²) in [7, 11) is 1.16. The average molecular weight is 228 g/mol. The summed E-state index contributed by atoms with van der Waals surface area (Å²) >= 11 is 0. The number of hydrogen-bond donors (Lipinski definition) is 0. The van der Waals surface area contributed by atoms with Crippen LogP contribution in [0.2, 0.25) is 0 Å². The normalized spacial score (nSPS) is 10.7. The van der Waals surface area contributed by atoms with Crippen LogP contribution in [0.4, 0.5) is 8.78 Å². The van der Waals surface area contributed by atoms with E-state index in [4.69, 9.17) is 0 Å². The van der Waals surface area contributed by atoms with E-state index in [2.05, 4.69) is 16.1 Å². The van der Waals surface area contributed by atoms with Crippen molar-refractivity contribution in [3.05, 3.63) is 42.5 Å². The highest BCUT2D eigenvalue weighted by Gasteiger charge is 2.28. The zero-order valence-electron chi connectivity index (χ0n) is 8.57. The van der Waals surface area contributed by atoms with Gasteiger partial charge in [0.2, 0.25) is 0 Å². The number of rotatable bonds is 4. The summed E-state index contributed by atoms with van der Waals surface area (Å²) < 4.78 is 34.6. The van der Waals surface area contributed by atoms with Crippen molar-refractivity contribution in [2.75, 3.05) is 7.11 Å². The maximum atomic E-state index is 12.9. The molecule has 0 fully saturated rings. The summed E-state index contributed by atoms with van der Waals surface area (Å²) in [5.41, 5.74) is -0.0634. The Bertz CT molecular complexity index is 402. The van der Waals surface area contributed by atoms with Crippen molar-refractivity contribution >= 4 is 5.97 Å². The van der Waals surface area contributed by atoms with Crippen LogP contribution in [0.1, 0.15) is 10.4 Å². The number of esters is 1. The Morgan fingerprint density at radius 1 is 1.44 bits per heavy atom. The Labute approximate surface area is 91.3 Å². The molecule has 0 spiro atoms. The second-order valence-corrected chi connectivity index (χ2v) is 2.86. The third-order valence-electron chi connectivity index (χ3n) is 1.78. The largest absolute Gasteiger partial charge is 0.465 e. The summed E-state index contributed by atoms with van der Waals surface area (Å²) in [5, 5.41) is 0. The van der Waals surface area contributed by atoms with Crippen LogP contribution in [0, 0.1) is 0 Å². The maximum Gasteiger partial charge on any atom is 0.419 e. The van der Waals surface area contributed by atoms with E-state index >= 15 is 0 Å². The second-order valence-electron chi connectivity index (χ2n) is 2.86. The lowest BCUT2D eigenvalue weighted by atomic mass is 10.2. The molecule has 0 saturated carbocycles. The highest BCUT2D eigenvalue weighted by molar-refractivity contribution is 5.92. The minimum Gasteiger partial charge on any atom is -0.465 e. The Kier molecular flexibility index (Phi) is 3.60. The molecule has 1 aromatic rings. The van der Waals surface area contributed by atoms with Gasteiger partial charge >= 0.3 is 12.1 Å². The second kappa shape index (κ2) is 4.74. The number of halogens is 2. The van der Waals surface area contributed by atoms with Crippen LogP contribution in [0.3, 0.4) is 0 Å². The number of methoxy groups -OCH3 is 1. The van der Waals surface area contributed by atoms with Crippen molar-refractivity contribution in [2.45, 2.75) is 6.11 Å². The van der Waals surface area contributed by atoms with Crippen LogP contribution < -0.4 is 4.74 Å². The van der Waals surface area contributed by atoms with Gasteiger partial charge in [-0.3, -0.25) is 0 Å². The molecule has 0 amide bonds. The molecule has 1 aromatic carbocycles. The van der Waals surface area contributed by atoms with Crippen LogP contribution in [0.15, 0.2) is 36.9 Å². The highest BCUT2D eigenvalue weighted by Crippen LogP contribution is 2.26. The van der Waals surface area contributed by atoms with Crippen LogP contribution >= 0.6 is 0 Å². The van der Waals surface area contributed by atoms with Gasteiger partial charge in [-0.1, -0.05) is 18.7 Å². The smallest absolute Gasteiger partial charge is 0.419 e. The van der Waals surface area contributed by atoms with E-state index < -0.39 is 12.1 Å². The quantitative estimate of drug-likeness (QED) is 0.587. The van der Waals surface area contributed by atoms with E-state index in [1.54, 1.807) is 0 Å². The van der Waals surface area contributed by atoms with Gasteiger partial charge in [0, 0.05) is 6.08 Å². The lowest BCUT2D eigenvalue weighted by Gasteiger charge is -2.15. The summed E-state index contributed by atoms with van der Waals surface area (Å²) in [6.45, 7) is 2.93. The monoisotopic (exact) mass is 228 g/mol. The average Bonchev–Trinajstić information content (AvgIpc) is 2.28. The van der Waals surface area contributed by atoms with Crippen molar-refractivity contribution in [1.29, 1.82) is 0 Å². The molecule has 0 saturated heterocycles. The highest BCUT2D eigenvalue weighted by atomic mass is 19.3. The number of hydrogen-bond acceptors (Lipinski definition) is 3. The predicted molar refractivity (Wildman–Crippen MR) is 53.6 cm³/mol. The SMILES string of the molecule is C=CC(F)(F)Oc1ccccc1C(=O)OC. The van der Waals surface area contributed by atoms with Gasteiger partial charge < -0.3 is 9.47 Å². The first-order valence-corrected chi connectivity index (χ1v) is 4.38. The molecule has 3 nitrogen and oxygen atoms in total. The Morgan fingerprint density at radius 2 is 2.06 bits per heavy atom. The van der Waals surface area contributed by atoms with Crippen molar-refractivity contribution in [3.63, 3.8) is 0 Å². The number of carbonyl (C=O) groups excluding carboxylic acids is 1. The molecule has 16 heavy (non-hydrogen) atoms. The van der Waals surface area contributed by atoms with Crippen molar-refractivity contribution in [1.82, 2.24) is 0 Å². The first-order chi connectivity index (χ1) is 7.50. The Hall–Kier alpha value is -1.91. The van der Waals surface area contributed by atoms with Crippen LogP contribution in [0.25, 0.3) is 0 Å². The van der Waals surface area contributed by atoms with Crippen LogP contribution in [-0.4, -0.2) is 19.2 Å². The fraction of sp³-hybridized carbons (Fsp3) is 0.182. The molecule has 86 valence electrons. The van der Waals surface area contributed by atoms with Crippen LogP contribution in [-0.2, 0) is 4.74 Å². The summed E-state index contributed by atoms with van der Waals surface area (Å²) in [4.78, 5) is 11.2. The zero-order chi connectivity index (χ0) is 12.2. The van der Waals surface area contributed by atoms with E-state index in [0.29, 0.717) is 6.08 Å². The van der Waals surface area contributed by atoms with Crippen molar-refractivity contribution in [2.24, 2.45) is 0 Å². The lowest BCUT2D eigenvalue weighted by molar-refractivity contribution is -0.131. The van der Waals surface area contributed by atoms with Crippen molar-refractivity contribution < 1.29 is 23.0 Å². The molecule has 0 aliphatic rings. The van der Waals surface area contributed by atoms with Crippen molar-refractivity contribution in [3.8, 4) is 5.75 Å². The molecule has 0 aromatic heterocycles. The minimum absolute atomic E-state index is 0.0634. The van der Waals surface area contributed by atoms with E-state index in [-0.39, 0.29) is 11.3 Å². The maximum absolute atomic E-state index is 12.9. The van der Waals surface area contributed by atoms with Gasteiger partial charge in [0.05, 0.1) is 7.11 Å². The Balaban J connectivity index is 3.04. The molecule has 1 rings (SSSR count). The molecular weight excluding hydrogens is 218 g/mol. The molecule has 0 radical (unpaired) electrons. The predicted octanol–water partition coefficient (Wildman–Crippen LogP) is 2.63. The first-order valence-electron chi connectivity index (χ1n) is 4.38. The van der Waals surface area contributed by atoms with Crippen LogP contribution in [0.5, 0.6) is 5.75 Å². The van der Waals surface area contributed by atoms with E-state index in [1.807, 2.05) is 0 Å². The third kappa shape index (κ3) is 2.79. The summed E-state index contributed by atoms with van der Waals surface area (Å²) in [6, 6.07) is 5.58. The van der Waals surface area contributed by atoms with Gasteiger partial charge in [0.15, 0.2) is 0 Å². The van der Waals surface area contributed by atoms with Gasteiger partial charge in [0.1, 0.15) is 11.3 Å². The fourth-order valence-electron chi connectivity index (χ4n) is 1.02. The number of para-hydroxylation sites is 1.